The zero-order chi connectivity index (χ0) is 19.5. The lowest BCUT2D eigenvalue weighted by Gasteiger charge is -2.16. The molecule has 0 saturated heterocycles. The van der Waals surface area contributed by atoms with Crippen LogP contribution in [0.4, 0.5) is 4.79 Å². The van der Waals surface area contributed by atoms with E-state index in [0.29, 0.717) is 11.5 Å². The van der Waals surface area contributed by atoms with Crippen molar-refractivity contribution in [3.8, 4) is 11.5 Å². The molecule has 0 spiro atoms. The smallest absolute Gasteiger partial charge is 0.395 e. The summed E-state index contributed by atoms with van der Waals surface area (Å²) in [5.41, 5.74) is 2.39. The van der Waals surface area contributed by atoms with Gasteiger partial charge in [-0.3, -0.25) is 0 Å². The number of rotatable bonds is 4. The van der Waals surface area contributed by atoms with Crippen molar-refractivity contribution < 1.29 is 14.3 Å². The van der Waals surface area contributed by atoms with Gasteiger partial charge in [0, 0.05) is 10.8 Å². The summed E-state index contributed by atoms with van der Waals surface area (Å²) in [4.78, 5) is 12.6. The first-order chi connectivity index (χ1) is 13.7. The highest BCUT2D eigenvalue weighted by atomic mass is 16.7. The monoisotopic (exact) mass is 370 g/mol. The second-order valence-electron chi connectivity index (χ2n) is 6.71. The molecule has 3 heteroatoms. The molecule has 0 radical (unpaired) electrons. The second-order valence-corrected chi connectivity index (χ2v) is 6.71. The summed E-state index contributed by atoms with van der Waals surface area (Å²) in [5.74, 6) is 1.03. The van der Waals surface area contributed by atoms with Gasteiger partial charge in [-0.05, 0) is 52.9 Å². The summed E-state index contributed by atoms with van der Waals surface area (Å²) in [6.07, 6.45) is 1.03. The molecule has 28 heavy (non-hydrogen) atoms. The van der Waals surface area contributed by atoms with Gasteiger partial charge in [-0.25, -0.2) is 4.79 Å². The Hall–Kier alpha value is -3.33. The molecule has 0 aliphatic rings. The van der Waals surface area contributed by atoms with Gasteiger partial charge in [0.25, 0.3) is 0 Å². The first-order valence-corrected chi connectivity index (χ1v) is 9.62. The van der Waals surface area contributed by atoms with Crippen LogP contribution in [0.2, 0.25) is 0 Å². The van der Waals surface area contributed by atoms with Gasteiger partial charge in [0.2, 0.25) is 0 Å². The van der Waals surface area contributed by atoms with E-state index in [9.17, 15) is 4.79 Å². The van der Waals surface area contributed by atoms with E-state index < -0.39 is 6.16 Å². The number of hydrogen-bond donors (Lipinski definition) is 0. The number of aryl methyl sites for hydroxylation is 2. The lowest BCUT2D eigenvalue weighted by molar-refractivity contribution is 0.153. The molecule has 4 aromatic rings. The third-order valence-electron chi connectivity index (χ3n) is 5.05. The fraction of sp³-hybridized carbons (Fsp3) is 0.160. The van der Waals surface area contributed by atoms with E-state index in [-0.39, 0.29) is 0 Å². The molecule has 3 nitrogen and oxygen atoms in total. The normalized spacial score (nSPS) is 10.9. The van der Waals surface area contributed by atoms with Crippen LogP contribution in [0.1, 0.15) is 25.0 Å². The van der Waals surface area contributed by atoms with Crippen molar-refractivity contribution in [1.29, 1.82) is 0 Å². The van der Waals surface area contributed by atoms with E-state index in [1.165, 1.54) is 5.56 Å². The highest BCUT2D eigenvalue weighted by Crippen LogP contribution is 2.39. The Kier molecular flexibility index (Phi) is 4.98. The van der Waals surface area contributed by atoms with Crippen LogP contribution >= 0.6 is 0 Å². The third kappa shape index (κ3) is 3.31. The first-order valence-electron chi connectivity index (χ1n) is 9.62. The van der Waals surface area contributed by atoms with Crippen molar-refractivity contribution in [2.45, 2.75) is 26.7 Å². The average molecular weight is 370 g/mol. The number of benzene rings is 4. The molecule has 0 heterocycles. The molecular weight excluding hydrogens is 348 g/mol. The minimum absolute atomic E-state index is 0.460. The van der Waals surface area contributed by atoms with E-state index in [1.807, 2.05) is 42.5 Å². The number of fused-ring (bicyclic) bond motifs is 2. The van der Waals surface area contributed by atoms with Gasteiger partial charge in [-0.15, -0.1) is 0 Å². The maximum absolute atomic E-state index is 12.6. The molecular formula is C25H22O3. The molecule has 0 bridgehead atoms. The molecule has 0 saturated carbocycles. The predicted octanol–water partition coefficient (Wildman–Crippen LogP) is 6.70. The summed E-state index contributed by atoms with van der Waals surface area (Å²) in [5, 5.41) is 4.07. The number of ether oxygens (including phenoxy) is 2. The highest BCUT2D eigenvalue weighted by molar-refractivity contribution is 6.08. The van der Waals surface area contributed by atoms with Crippen LogP contribution in [0.25, 0.3) is 21.5 Å². The van der Waals surface area contributed by atoms with Crippen LogP contribution < -0.4 is 9.47 Å². The Bertz CT molecular complexity index is 1150. The molecule has 0 N–H and O–H groups in total. The van der Waals surface area contributed by atoms with Crippen molar-refractivity contribution in [3.05, 3.63) is 83.9 Å². The molecule has 140 valence electrons. The van der Waals surface area contributed by atoms with E-state index in [2.05, 4.69) is 32.0 Å². The second kappa shape index (κ2) is 7.73. The Balaban J connectivity index is 1.89. The summed E-state index contributed by atoms with van der Waals surface area (Å²) in [6.45, 7) is 4.25. The molecule has 0 aliphatic carbocycles. The van der Waals surface area contributed by atoms with Gasteiger partial charge >= 0.3 is 6.16 Å². The van der Waals surface area contributed by atoms with Crippen LogP contribution in [-0.4, -0.2) is 6.16 Å². The maximum atomic E-state index is 12.6. The maximum Gasteiger partial charge on any atom is 0.519 e. The lowest BCUT2D eigenvalue weighted by Crippen LogP contribution is -2.14. The van der Waals surface area contributed by atoms with E-state index in [4.69, 9.17) is 9.47 Å². The number of carbonyl (C=O) groups is 1. The van der Waals surface area contributed by atoms with Crippen LogP contribution in [0.3, 0.4) is 0 Å². The van der Waals surface area contributed by atoms with Crippen LogP contribution in [-0.2, 0) is 12.8 Å². The Morgan fingerprint density at radius 3 is 2.18 bits per heavy atom. The summed E-state index contributed by atoms with van der Waals surface area (Å²) in [7, 11) is 0. The minimum atomic E-state index is -0.729. The van der Waals surface area contributed by atoms with Gasteiger partial charge in [-0.1, -0.05) is 68.4 Å². The van der Waals surface area contributed by atoms with E-state index in [1.54, 1.807) is 12.1 Å². The topological polar surface area (TPSA) is 35.5 Å². The number of hydrogen-bond acceptors (Lipinski definition) is 3. The van der Waals surface area contributed by atoms with Crippen LogP contribution in [0, 0.1) is 0 Å². The van der Waals surface area contributed by atoms with Crippen molar-refractivity contribution >= 4 is 27.7 Å². The SMILES string of the molecule is CCc1ccc(CC)c2c(OC(=O)Oc3ccccc3)c3ccccc3cc12. The quantitative estimate of drug-likeness (QED) is 0.228. The largest absolute Gasteiger partial charge is 0.519 e. The zero-order valence-corrected chi connectivity index (χ0v) is 16.1. The van der Waals surface area contributed by atoms with Crippen LogP contribution in [0.15, 0.2) is 72.8 Å². The molecule has 4 aromatic carbocycles. The highest BCUT2D eigenvalue weighted by Gasteiger charge is 2.18. The van der Waals surface area contributed by atoms with Gasteiger partial charge in [0.05, 0.1) is 0 Å². The molecule has 0 aliphatic heterocycles. The van der Waals surface area contributed by atoms with Gasteiger partial charge in [-0.2, -0.15) is 0 Å². The van der Waals surface area contributed by atoms with Gasteiger partial charge in [0.15, 0.2) is 0 Å². The molecule has 0 aromatic heterocycles. The number of para-hydroxylation sites is 1. The third-order valence-corrected chi connectivity index (χ3v) is 5.05. The molecule has 0 fully saturated rings. The average Bonchev–Trinajstić information content (AvgIpc) is 2.73. The lowest BCUT2D eigenvalue weighted by atomic mass is 9.93. The van der Waals surface area contributed by atoms with Crippen molar-refractivity contribution in [1.82, 2.24) is 0 Å². The minimum Gasteiger partial charge on any atom is -0.395 e. The van der Waals surface area contributed by atoms with Gasteiger partial charge < -0.3 is 9.47 Å². The Morgan fingerprint density at radius 1 is 0.750 bits per heavy atom. The van der Waals surface area contributed by atoms with Crippen molar-refractivity contribution in [2.24, 2.45) is 0 Å². The molecule has 0 atom stereocenters. The fourth-order valence-electron chi connectivity index (χ4n) is 3.66. The van der Waals surface area contributed by atoms with E-state index >= 15 is 0 Å². The molecule has 0 amide bonds. The standard InChI is InChI=1S/C25H22O3/c1-3-17-14-15-18(4-2)23-22(17)16-19-10-8-9-13-21(19)24(23)28-25(26)27-20-11-6-5-7-12-20/h5-16H,3-4H2,1-2H3. The van der Waals surface area contributed by atoms with E-state index in [0.717, 1.165) is 39.9 Å². The fourth-order valence-corrected chi connectivity index (χ4v) is 3.66. The summed E-state index contributed by atoms with van der Waals surface area (Å²) in [6, 6.07) is 23.4. The Morgan fingerprint density at radius 2 is 1.43 bits per heavy atom. The van der Waals surface area contributed by atoms with Crippen LogP contribution in [0.5, 0.6) is 11.5 Å². The first kappa shape index (κ1) is 18.1. The van der Waals surface area contributed by atoms with Crippen molar-refractivity contribution in [3.63, 3.8) is 0 Å². The molecule has 4 rings (SSSR count). The zero-order valence-electron chi connectivity index (χ0n) is 16.1. The molecule has 0 unspecified atom stereocenters. The summed E-state index contributed by atoms with van der Waals surface area (Å²) < 4.78 is 11.2. The predicted molar refractivity (Wildman–Crippen MR) is 113 cm³/mol. The number of carbonyl (C=O) groups excluding carboxylic acids is 1. The summed E-state index contributed by atoms with van der Waals surface area (Å²) >= 11 is 0. The van der Waals surface area contributed by atoms with Crippen molar-refractivity contribution in [2.75, 3.05) is 0 Å². The van der Waals surface area contributed by atoms with Gasteiger partial charge in [0.1, 0.15) is 11.5 Å². The Labute approximate surface area is 164 Å².